The molecule has 0 aliphatic heterocycles. The molecule has 14 heavy (non-hydrogen) atoms. The van der Waals surface area contributed by atoms with Crippen molar-refractivity contribution in [2.45, 2.75) is 25.2 Å². The predicted molar refractivity (Wildman–Crippen MR) is 52.5 cm³/mol. The van der Waals surface area contributed by atoms with Gasteiger partial charge in [-0.2, -0.15) is 5.10 Å². The normalized spacial score (nSPS) is 18.3. The van der Waals surface area contributed by atoms with Gasteiger partial charge in [0.1, 0.15) is 0 Å². The summed E-state index contributed by atoms with van der Waals surface area (Å²) >= 11 is 0. The summed E-state index contributed by atoms with van der Waals surface area (Å²) in [7, 11) is 3.51. The summed E-state index contributed by atoms with van der Waals surface area (Å²) in [5.74, 6) is 0.786. The molecule has 0 saturated heterocycles. The van der Waals surface area contributed by atoms with E-state index in [2.05, 4.69) is 5.10 Å². The predicted octanol–water partition coefficient (Wildman–Crippen LogP) is 0.761. The number of nitrogens with zero attached hydrogens (tertiary/aromatic N) is 2. The highest BCUT2D eigenvalue weighted by Gasteiger charge is 2.48. The number of ether oxygens (including phenoxy) is 1. The van der Waals surface area contributed by atoms with E-state index in [-0.39, 0.29) is 12.0 Å². The van der Waals surface area contributed by atoms with Gasteiger partial charge in [0.15, 0.2) is 0 Å². The molecule has 1 heterocycles. The highest BCUT2D eigenvalue weighted by atomic mass is 16.5. The maximum absolute atomic E-state index is 9.37. The van der Waals surface area contributed by atoms with Crippen LogP contribution in [-0.4, -0.2) is 28.6 Å². The van der Waals surface area contributed by atoms with Crippen LogP contribution in [0.5, 0.6) is 5.88 Å². The fraction of sp³-hybridized carbons (Fsp3) is 0.700. The Morgan fingerprint density at radius 1 is 1.57 bits per heavy atom. The lowest BCUT2D eigenvalue weighted by Crippen LogP contribution is -2.14. The molecule has 0 bridgehead atoms. The van der Waals surface area contributed by atoms with Gasteiger partial charge in [0, 0.05) is 18.0 Å². The molecule has 0 spiro atoms. The molecule has 1 aliphatic carbocycles. The molecule has 1 saturated carbocycles. The van der Waals surface area contributed by atoms with Crippen LogP contribution in [0.15, 0.2) is 0 Å². The van der Waals surface area contributed by atoms with Crippen molar-refractivity contribution in [2.75, 3.05) is 13.7 Å². The smallest absolute Gasteiger partial charge is 0.215 e. The van der Waals surface area contributed by atoms with Crippen LogP contribution < -0.4 is 4.74 Å². The zero-order chi connectivity index (χ0) is 10.3. The van der Waals surface area contributed by atoms with Crippen LogP contribution in [0, 0.1) is 6.92 Å². The Morgan fingerprint density at radius 3 is 2.64 bits per heavy atom. The summed E-state index contributed by atoms with van der Waals surface area (Å²) in [6.45, 7) is 2.16. The summed E-state index contributed by atoms with van der Waals surface area (Å²) in [5.41, 5.74) is 1.99. The maximum atomic E-state index is 9.37. The number of aliphatic hydroxyl groups is 1. The zero-order valence-electron chi connectivity index (χ0n) is 8.87. The molecule has 0 radical (unpaired) electrons. The summed E-state index contributed by atoms with van der Waals surface area (Å²) in [6, 6.07) is 0. The van der Waals surface area contributed by atoms with Crippen molar-refractivity contribution in [1.82, 2.24) is 9.78 Å². The van der Waals surface area contributed by atoms with E-state index in [1.54, 1.807) is 11.8 Å². The number of aryl methyl sites for hydroxylation is 2. The molecule has 4 nitrogen and oxygen atoms in total. The lowest BCUT2D eigenvalue weighted by atomic mass is 9.97. The summed E-state index contributed by atoms with van der Waals surface area (Å²) in [4.78, 5) is 0. The molecule has 1 aliphatic rings. The van der Waals surface area contributed by atoms with Crippen molar-refractivity contribution in [3.05, 3.63) is 11.3 Å². The van der Waals surface area contributed by atoms with Gasteiger partial charge in [-0.15, -0.1) is 0 Å². The third-order valence-corrected chi connectivity index (χ3v) is 3.05. The number of rotatable bonds is 3. The molecular weight excluding hydrogens is 180 g/mol. The molecule has 1 N–H and O–H groups in total. The quantitative estimate of drug-likeness (QED) is 0.776. The topological polar surface area (TPSA) is 47.3 Å². The summed E-state index contributed by atoms with van der Waals surface area (Å²) < 4.78 is 7.05. The number of hydrogen-bond acceptors (Lipinski definition) is 3. The Kier molecular flexibility index (Phi) is 2.03. The highest BCUT2D eigenvalue weighted by Crippen LogP contribution is 2.51. The number of methoxy groups -OCH3 is 1. The SMILES string of the molecule is COc1c(C2(CO)CC2)c(C)nn1C. The lowest BCUT2D eigenvalue weighted by Gasteiger charge is -2.12. The van der Waals surface area contributed by atoms with E-state index in [0.29, 0.717) is 0 Å². The highest BCUT2D eigenvalue weighted by molar-refractivity contribution is 5.42. The molecule has 1 fully saturated rings. The fourth-order valence-electron chi connectivity index (χ4n) is 2.12. The largest absolute Gasteiger partial charge is 0.481 e. The molecule has 2 rings (SSSR count). The van der Waals surface area contributed by atoms with E-state index in [0.717, 1.165) is 30.0 Å². The van der Waals surface area contributed by atoms with Crippen molar-refractivity contribution >= 4 is 0 Å². The van der Waals surface area contributed by atoms with Gasteiger partial charge in [-0.05, 0) is 19.8 Å². The fourth-order valence-corrected chi connectivity index (χ4v) is 2.12. The summed E-state index contributed by atoms with van der Waals surface area (Å²) in [5, 5.41) is 13.7. The van der Waals surface area contributed by atoms with Crippen LogP contribution >= 0.6 is 0 Å². The third kappa shape index (κ3) is 1.14. The van der Waals surface area contributed by atoms with E-state index < -0.39 is 0 Å². The molecule has 1 aromatic heterocycles. The van der Waals surface area contributed by atoms with Crippen molar-refractivity contribution in [3.63, 3.8) is 0 Å². The Bertz CT molecular complexity index is 353. The van der Waals surface area contributed by atoms with E-state index in [9.17, 15) is 5.11 Å². The zero-order valence-corrected chi connectivity index (χ0v) is 8.87. The average Bonchev–Trinajstić information content (AvgIpc) is 2.88. The van der Waals surface area contributed by atoms with Crippen molar-refractivity contribution < 1.29 is 9.84 Å². The molecule has 0 aromatic carbocycles. The minimum atomic E-state index is -0.0658. The summed E-state index contributed by atoms with van der Waals surface area (Å²) in [6.07, 6.45) is 2.07. The van der Waals surface area contributed by atoms with Crippen LogP contribution in [0.25, 0.3) is 0 Å². The van der Waals surface area contributed by atoms with Crippen molar-refractivity contribution in [3.8, 4) is 5.88 Å². The van der Waals surface area contributed by atoms with Gasteiger partial charge in [-0.1, -0.05) is 0 Å². The van der Waals surface area contributed by atoms with Crippen molar-refractivity contribution in [1.29, 1.82) is 0 Å². The second kappa shape index (κ2) is 2.98. The van der Waals surface area contributed by atoms with Gasteiger partial charge in [-0.25, -0.2) is 4.68 Å². The number of hydrogen-bond donors (Lipinski definition) is 1. The molecule has 0 amide bonds. The number of aliphatic hydroxyl groups excluding tert-OH is 1. The van der Waals surface area contributed by atoms with E-state index >= 15 is 0 Å². The monoisotopic (exact) mass is 196 g/mol. The molecular formula is C10H16N2O2. The maximum Gasteiger partial charge on any atom is 0.215 e. The first-order valence-electron chi connectivity index (χ1n) is 4.83. The van der Waals surface area contributed by atoms with Gasteiger partial charge in [0.05, 0.1) is 19.4 Å². The van der Waals surface area contributed by atoms with Crippen LogP contribution in [0.2, 0.25) is 0 Å². The Morgan fingerprint density at radius 2 is 2.21 bits per heavy atom. The van der Waals surface area contributed by atoms with Gasteiger partial charge in [-0.3, -0.25) is 0 Å². The minimum Gasteiger partial charge on any atom is -0.481 e. The van der Waals surface area contributed by atoms with Gasteiger partial charge in [0.2, 0.25) is 5.88 Å². The van der Waals surface area contributed by atoms with Crippen molar-refractivity contribution in [2.24, 2.45) is 7.05 Å². The Hall–Kier alpha value is -1.03. The molecule has 1 aromatic rings. The van der Waals surface area contributed by atoms with Crippen LogP contribution in [0.3, 0.4) is 0 Å². The first-order valence-corrected chi connectivity index (χ1v) is 4.83. The van der Waals surface area contributed by atoms with E-state index in [1.807, 2.05) is 14.0 Å². The van der Waals surface area contributed by atoms with Gasteiger partial charge < -0.3 is 9.84 Å². The first-order chi connectivity index (χ1) is 6.64. The second-order valence-corrected chi connectivity index (χ2v) is 4.03. The standard InChI is InChI=1S/C10H16N2O2/c1-7-8(10(6-13)4-5-10)9(14-3)12(2)11-7/h13H,4-6H2,1-3H3. The number of aromatic nitrogens is 2. The van der Waals surface area contributed by atoms with Gasteiger partial charge >= 0.3 is 0 Å². The van der Waals surface area contributed by atoms with E-state index in [4.69, 9.17) is 4.74 Å². The first kappa shape index (κ1) is 9.52. The minimum absolute atomic E-state index is 0.0658. The lowest BCUT2D eigenvalue weighted by molar-refractivity contribution is 0.250. The van der Waals surface area contributed by atoms with Crippen LogP contribution in [-0.2, 0) is 12.5 Å². The van der Waals surface area contributed by atoms with E-state index in [1.165, 1.54) is 0 Å². The average molecular weight is 196 g/mol. The molecule has 0 atom stereocenters. The molecule has 0 unspecified atom stereocenters. The molecule has 4 heteroatoms. The van der Waals surface area contributed by atoms with Crippen LogP contribution in [0.4, 0.5) is 0 Å². The molecule has 78 valence electrons. The van der Waals surface area contributed by atoms with Crippen LogP contribution in [0.1, 0.15) is 24.1 Å². The third-order valence-electron chi connectivity index (χ3n) is 3.05. The van der Waals surface area contributed by atoms with Gasteiger partial charge in [0.25, 0.3) is 0 Å². The second-order valence-electron chi connectivity index (χ2n) is 4.03. The Balaban J connectivity index is 2.51. The Labute approximate surface area is 83.5 Å².